The summed E-state index contributed by atoms with van der Waals surface area (Å²) in [7, 11) is 0. The number of nitrogens with zero attached hydrogens (tertiary/aromatic N) is 2. The Hall–Kier alpha value is -2.37. The van der Waals surface area contributed by atoms with Gasteiger partial charge in [-0.2, -0.15) is 5.10 Å². The van der Waals surface area contributed by atoms with Gasteiger partial charge in [0.15, 0.2) is 5.82 Å². The van der Waals surface area contributed by atoms with Crippen molar-refractivity contribution in [2.75, 3.05) is 11.9 Å². The highest BCUT2D eigenvalue weighted by atomic mass is 16.1. The monoisotopic (exact) mass is 273 g/mol. The average Bonchev–Trinajstić information content (AvgIpc) is 2.86. The van der Waals surface area contributed by atoms with Crippen LogP contribution in [-0.2, 0) is 17.8 Å². The number of hydrogen-bond acceptors (Lipinski definition) is 4. The zero-order valence-corrected chi connectivity index (χ0v) is 11.7. The van der Waals surface area contributed by atoms with Crippen LogP contribution >= 0.6 is 0 Å². The molecular weight excluding hydrogens is 254 g/mol. The molecule has 106 valence electrons. The van der Waals surface area contributed by atoms with E-state index < -0.39 is 0 Å². The zero-order chi connectivity index (χ0) is 14.4. The third-order valence-electron chi connectivity index (χ3n) is 2.78. The number of H-pyrrole nitrogens is 1. The normalized spacial score (nSPS) is 10.3. The van der Waals surface area contributed by atoms with Crippen LogP contribution in [0, 0.1) is 6.92 Å². The van der Waals surface area contributed by atoms with Crippen LogP contribution in [0.2, 0.25) is 0 Å². The molecule has 3 N–H and O–H groups in total. The summed E-state index contributed by atoms with van der Waals surface area (Å²) < 4.78 is 0. The lowest BCUT2D eigenvalue weighted by Gasteiger charge is -2.03. The van der Waals surface area contributed by atoms with Gasteiger partial charge in [-0.05, 0) is 26.0 Å². The minimum atomic E-state index is -0.0652. The summed E-state index contributed by atoms with van der Waals surface area (Å²) in [6.07, 6.45) is 0.203. The van der Waals surface area contributed by atoms with Gasteiger partial charge in [0.1, 0.15) is 5.82 Å². The van der Waals surface area contributed by atoms with E-state index in [4.69, 9.17) is 0 Å². The first-order valence-electron chi connectivity index (χ1n) is 6.64. The molecule has 0 aliphatic heterocycles. The standard InChI is InChI=1S/C14H19N5O/c1-3-15-14(20)8-12-17-13(19-18-12)9-16-11-6-4-10(2)5-7-11/h4-7,16H,3,8-9H2,1-2H3,(H,15,20)(H,17,18,19). The van der Waals surface area contributed by atoms with Crippen molar-refractivity contribution in [3.8, 4) is 0 Å². The van der Waals surface area contributed by atoms with Crippen LogP contribution in [0.4, 0.5) is 5.69 Å². The molecule has 1 amide bonds. The number of aryl methyl sites for hydroxylation is 1. The third kappa shape index (κ3) is 4.08. The molecule has 0 bridgehead atoms. The Morgan fingerprint density at radius 3 is 2.75 bits per heavy atom. The van der Waals surface area contributed by atoms with Crippen molar-refractivity contribution >= 4 is 11.6 Å². The molecule has 0 unspecified atom stereocenters. The number of rotatable bonds is 6. The smallest absolute Gasteiger partial charge is 0.227 e. The third-order valence-corrected chi connectivity index (χ3v) is 2.78. The van der Waals surface area contributed by atoms with E-state index in [-0.39, 0.29) is 12.3 Å². The summed E-state index contributed by atoms with van der Waals surface area (Å²) in [6.45, 7) is 5.09. The van der Waals surface area contributed by atoms with Gasteiger partial charge in [0.05, 0.1) is 13.0 Å². The quantitative estimate of drug-likeness (QED) is 0.743. The number of aromatic amines is 1. The Kier molecular flexibility index (Phi) is 4.70. The fourth-order valence-electron chi connectivity index (χ4n) is 1.75. The van der Waals surface area contributed by atoms with E-state index >= 15 is 0 Å². The van der Waals surface area contributed by atoms with Crippen LogP contribution < -0.4 is 10.6 Å². The van der Waals surface area contributed by atoms with E-state index in [1.165, 1.54) is 5.56 Å². The molecule has 6 heteroatoms. The van der Waals surface area contributed by atoms with Crippen molar-refractivity contribution < 1.29 is 4.79 Å². The van der Waals surface area contributed by atoms with Crippen LogP contribution in [0.15, 0.2) is 24.3 Å². The number of hydrogen-bond donors (Lipinski definition) is 3. The van der Waals surface area contributed by atoms with Crippen molar-refractivity contribution in [3.05, 3.63) is 41.5 Å². The summed E-state index contributed by atoms with van der Waals surface area (Å²) >= 11 is 0. The Morgan fingerprint density at radius 2 is 2.05 bits per heavy atom. The summed E-state index contributed by atoms with van der Waals surface area (Å²) in [5, 5.41) is 12.8. The van der Waals surface area contributed by atoms with Gasteiger partial charge >= 0.3 is 0 Å². The Morgan fingerprint density at radius 1 is 1.30 bits per heavy atom. The second-order valence-electron chi connectivity index (χ2n) is 4.55. The number of benzene rings is 1. The second-order valence-corrected chi connectivity index (χ2v) is 4.55. The highest BCUT2D eigenvalue weighted by Crippen LogP contribution is 2.09. The predicted molar refractivity (Wildman–Crippen MR) is 77.3 cm³/mol. The van der Waals surface area contributed by atoms with Gasteiger partial charge in [-0.1, -0.05) is 17.7 Å². The van der Waals surface area contributed by atoms with Gasteiger partial charge in [-0.25, -0.2) is 4.98 Å². The van der Waals surface area contributed by atoms with Crippen molar-refractivity contribution in [2.45, 2.75) is 26.8 Å². The molecule has 0 aliphatic carbocycles. The molecular formula is C14H19N5O. The average molecular weight is 273 g/mol. The number of aromatic nitrogens is 3. The lowest BCUT2D eigenvalue weighted by atomic mass is 10.2. The Balaban J connectivity index is 1.86. The van der Waals surface area contributed by atoms with Crippen LogP contribution in [0.1, 0.15) is 24.1 Å². The molecule has 1 heterocycles. The highest BCUT2D eigenvalue weighted by Gasteiger charge is 2.07. The van der Waals surface area contributed by atoms with E-state index in [1.54, 1.807) is 0 Å². The summed E-state index contributed by atoms with van der Waals surface area (Å²) in [4.78, 5) is 15.7. The van der Waals surface area contributed by atoms with E-state index in [9.17, 15) is 4.79 Å². The number of likely N-dealkylation sites (N-methyl/N-ethyl adjacent to an activating group) is 1. The lowest BCUT2D eigenvalue weighted by molar-refractivity contribution is -0.120. The molecule has 20 heavy (non-hydrogen) atoms. The highest BCUT2D eigenvalue weighted by molar-refractivity contribution is 5.77. The molecule has 2 rings (SSSR count). The summed E-state index contributed by atoms with van der Waals surface area (Å²) in [5.41, 5.74) is 2.25. The molecule has 0 saturated carbocycles. The number of carbonyl (C=O) groups is 1. The Labute approximate surface area is 118 Å². The molecule has 1 aromatic carbocycles. The first kappa shape index (κ1) is 14.0. The largest absolute Gasteiger partial charge is 0.378 e. The van der Waals surface area contributed by atoms with Gasteiger partial charge < -0.3 is 10.6 Å². The van der Waals surface area contributed by atoms with Crippen molar-refractivity contribution in [2.24, 2.45) is 0 Å². The van der Waals surface area contributed by atoms with Crippen LogP contribution in [0.3, 0.4) is 0 Å². The fourth-order valence-corrected chi connectivity index (χ4v) is 1.75. The summed E-state index contributed by atoms with van der Waals surface area (Å²) in [5.74, 6) is 1.16. The number of nitrogens with one attached hydrogen (secondary N) is 3. The number of carbonyl (C=O) groups excluding carboxylic acids is 1. The van der Waals surface area contributed by atoms with Crippen molar-refractivity contribution in [3.63, 3.8) is 0 Å². The molecule has 1 aromatic heterocycles. The first-order chi connectivity index (χ1) is 9.67. The number of anilines is 1. The summed E-state index contributed by atoms with van der Waals surface area (Å²) in [6, 6.07) is 8.12. The zero-order valence-electron chi connectivity index (χ0n) is 11.7. The lowest BCUT2D eigenvalue weighted by Crippen LogP contribution is -2.24. The van der Waals surface area contributed by atoms with Gasteiger partial charge in [-0.3, -0.25) is 9.89 Å². The fraction of sp³-hybridized carbons (Fsp3) is 0.357. The Bertz CT molecular complexity index is 561. The maximum atomic E-state index is 11.4. The topological polar surface area (TPSA) is 82.7 Å². The van der Waals surface area contributed by atoms with Crippen LogP contribution in [0.25, 0.3) is 0 Å². The minimum Gasteiger partial charge on any atom is -0.378 e. The van der Waals surface area contributed by atoms with Crippen molar-refractivity contribution in [1.29, 1.82) is 0 Å². The minimum absolute atomic E-state index is 0.0652. The van der Waals surface area contributed by atoms with E-state index in [0.717, 1.165) is 5.69 Å². The van der Waals surface area contributed by atoms with Gasteiger partial charge in [0.2, 0.25) is 5.91 Å². The second kappa shape index (κ2) is 6.70. The van der Waals surface area contributed by atoms with E-state index in [2.05, 4.69) is 25.8 Å². The van der Waals surface area contributed by atoms with E-state index in [1.807, 2.05) is 38.1 Å². The van der Waals surface area contributed by atoms with E-state index in [0.29, 0.717) is 24.7 Å². The first-order valence-corrected chi connectivity index (χ1v) is 6.64. The molecule has 0 radical (unpaired) electrons. The molecule has 0 atom stereocenters. The molecule has 0 saturated heterocycles. The maximum Gasteiger partial charge on any atom is 0.227 e. The predicted octanol–water partition coefficient (Wildman–Crippen LogP) is 1.40. The van der Waals surface area contributed by atoms with Gasteiger partial charge in [0, 0.05) is 12.2 Å². The van der Waals surface area contributed by atoms with Crippen LogP contribution in [-0.4, -0.2) is 27.6 Å². The maximum absolute atomic E-state index is 11.4. The molecule has 6 nitrogen and oxygen atoms in total. The number of amides is 1. The van der Waals surface area contributed by atoms with Gasteiger partial charge in [-0.15, -0.1) is 0 Å². The molecule has 2 aromatic rings. The SMILES string of the molecule is CCNC(=O)Cc1n[nH]c(CNc2ccc(C)cc2)n1. The van der Waals surface area contributed by atoms with Gasteiger partial charge in [0.25, 0.3) is 0 Å². The molecule has 0 fully saturated rings. The van der Waals surface area contributed by atoms with Crippen molar-refractivity contribution in [1.82, 2.24) is 20.5 Å². The van der Waals surface area contributed by atoms with Crippen LogP contribution in [0.5, 0.6) is 0 Å². The molecule has 0 spiro atoms. The molecule has 0 aliphatic rings.